The van der Waals surface area contributed by atoms with Gasteiger partial charge in [0.25, 0.3) is 5.91 Å². The summed E-state index contributed by atoms with van der Waals surface area (Å²) in [7, 11) is -3.31. The first-order valence-electron chi connectivity index (χ1n) is 12.8. The van der Waals surface area contributed by atoms with Crippen LogP contribution in [0.2, 0.25) is 10.0 Å². The summed E-state index contributed by atoms with van der Waals surface area (Å²) in [6.07, 6.45) is 3.40. The molecule has 1 aliphatic heterocycles. The van der Waals surface area contributed by atoms with E-state index in [2.05, 4.69) is 41.8 Å². The second kappa shape index (κ2) is 12.3. The molecule has 2 amide bonds. The summed E-state index contributed by atoms with van der Waals surface area (Å²) in [5, 5.41) is 7.04. The van der Waals surface area contributed by atoms with Crippen LogP contribution in [0, 0.1) is 6.92 Å². The maximum Gasteiger partial charge on any atom is 0.251 e. The number of halogens is 2. The molecule has 2 N–H and O–H groups in total. The summed E-state index contributed by atoms with van der Waals surface area (Å²) in [6, 6.07) is 12.9. The van der Waals surface area contributed by atoms with E-state index in [1.54, 1.807) is 17.0 Å². The van der Waals surface area contributed by atoms with Crippen LogP contribution in [-0.2, 0) is 14.8 Å². The second-order valence-electron chi connectivity index (χ2n) is 10.1. The van der Waals surface area contributed by atoms with Crippen LogP contribution in [-0.4, -0.2) is 80.5 Å². The van der Waals surface area contributed by atoms with Crippen molar-refractivity contribution in [1.29, 1.82) is 0 Å². The van der Waals surface area contributed by atoms with Gasteiger partial charge in [-0.2, -0.15) is 4.31 Å². The van der Waals surface area contributed by atoms with Gasteiger partial charge >= 0.3 is 0 Å². The van der Waals surface area contributed by atoms with E-state index in [-0.39, 0.29) is 37.1 Å². The Kier molecular flexibility index (Phi) is 9.36. The molecule has 2 aliphatic rings. The van der Waals surface area contributed by atoms with Gasteiger partial charge in [0, 0.05) is 43.7 Å². The number of rotatable bonds is 10. The highest BCUT2D eigenvalue weighted by Gasteiger charge is 2.37. The zero-order valence-corrected chi connectivity index (χ0v) is 24.0. The molecule has 0 bridgehead atoms. The van der Waals surface area contributed by atoms with E-state index in [0.717, 1.165) is 13.0 Å². The number of nitrogens with one attached hydrogen (secondary N) is 2. The minimum absolute atomic E-state index is 0.212. The van der Waals surface area contributed by atoms with Crippen LogP contribution in [0.3, 0.4) is 0 Å². The third-order valence-electron chi connectivity index (χ3n) is 7.18. The molecular formula is C27H34Cl2N4O4S. The molecule has 1 saturated carbocycles. The quantitative estimate of drug-likeness (QED) is 0.419. The molecule has 0 radical (unpaired) electrons. The zero-order valence-electron chi connectivity index (χ0n) is 21.6. The number of piperazine rings is 1. The highest BCUT2D eigenvalue weighted by molar-refractivity contribution is 7.88. The lowest BCUT2D eigenvalue weighted by atomic mass is 10.1. The Morgan fingerprint density at radius 3 is 2.34 bits per heavy atom. The van der Waals surface area contributed by atoms with E-state index in [9.17, 15) is 18.0 Å². The monoisotopic (exact) mass is 580 g/mol. The van der Waals surface area contributed by atoms with Crippen LogP contribution in [0.4, 0.5) is 0 Å². The molecule has 1 aliphatic carbocycles. The first kappa shape index (κ1) is 28.8. The summed E-state index contributed by atoms with van der Waals surface area (Å²) in [4.78, 5) is 28.0. The molecule has 0 unspecified atom stereocenters. The van der Waals surface area contributed by atoms with Gasteiger partial charge in [0.15, 0.2) is 0 Å². The first-order valence-corrected chi connectivity index (χ1v) is 15.4. The first-order chi connectivity index (χ1) is 18.0. The number of aryl methyl sites for hydroxylation is 1. The van der Waals surface area contributed by atoms with Gasteiger partial charge in [-0.3, -0.25) is 9.59 Å². The maximum atomic E-state index is 13.4. The molecule has 3 atom stereocenters. The normalized spacial score (nSPS) is 20.7. The standard InChI is InChI=1S/C27H34Cl2N4O4S/c1-18-5-7-19(8-6-18)21-17-25(21)30-11-3-4-24(31-26(34)20-9-10-22(28)23(29)16-20)27(35)32-12-14-33(15-13-32)38(2,36)37/h5-10,16,21,24-25,30H,3-4,11-15,17H2,1-2H3,(H,31,34)/t21-,24+,25+/m1/s1. The average Bonchev–Trinajstić information content (AvgIpc) is 3.66. The van der Waals surface area contributed by atoms with Crippen LogP contribution in [0.15, 0.2) is 42.5 Å². The Morgan fingerprint density at radius 1 is 1.03 bits per heavy atom. The molecule has 1 saturated heterocycles. The zero-order chi connectivity index (χ0) is 27.4. The molecule has 2 fully saturated rings. The van der Waals surface area contributed by atoms with Crippen molar-refractivity contribution in [3.63, 3.8) is 0 Å². The van der Waals surface area contributed by atoms with E-state index in [0.29, 0.717) is 35.4 Å². The molecular weight excluding hydrogens is 547 g/mol. The number of hydrogen-bond acceptors (Lipinski definition) is 5. The number of nitrogens with zero attached hydrogens (tertiary/aromatic N) is 2. The summed E-state index contributed by atoms with van der Waals surface area (Å²) in [5.74, 6) is -0.115. The second-order valence-corrected chi connectivity index (χ2v) is 12.9. The lowest BCUT2D eigenvalue weighted by Crippen LogP contribution is -2.55. The maximum absolute atomic E-state index is 13.4. The van der Waals surface area contributed by atoms with Crippen molar-refractivity contribution < 1.29 is 18.0 Å². The highest BCUT2D eigenvalue weighted by Crippen LogP contribution is 2.40. The summed E-state index contributed by atoms with van der Waals surface area (Å²) in [6.45, 7) is 3.84. The van der Waals surface area contributed by atoms with Gasteiger partial charge in [-0.25, -0.2) is 8.42 Å². The van der Waals surface area contributed by atoms with Crippen molar-refractivity contribution >= 4 is 45.0 Å². The van der Waals surface area contributed by atoms with Crippen LogP contribution < -0.4 is 10.6 Å². The molecule has 0 spiro atoms. The van der Waals surface area contributed by atoms with Gasteiger partial charge in [0.2, 0.25) is 15.9 Å². The Labute approximate surface area is 234 Å². The van der Waals surface area contributed by atoms with Crippen LogP contribution in [0.5, 0.6) is 0 Å². The van der Waals surface area contributed by atoms with Crippen LogP contribution >= 0.6 is 23.2 Å². The molecule has 38 heavy (non-hydrogen) atoms. The predicted octanol–water partition coefficient (Wildman–Crippen LogP) is 3.43. The Morgan fingerprint density at radius 2 is 1.71 bits per heavy atom. The topological polar surface area (TPSA) is 98.8 Å². The molecule has 2 aromatic carbocycles. The smallest absolute Gasteiger partial charge is 0.251 e. The number of sulfonamides is 1. The van der Waals surface area contributed by atoms with Crippen molar-refractivity contribution in [3.8, 4) is 0 Å². The van der Waals surface area contributed by atoms with E-state index in [1.165, 1.54) is 27.8 Å². The van der Waals surface area contributed by atoms with Gasteiger partial charge in [0.1, 0.15) is 6.04 Å². The minimum atomic E-state index is -3.31. The van der Waals surface area contributed by atoms with Crippen molar-refractivity contribution in [1.82, 2.24) is 19.8 Å². The third kappa shape index (κ3) is 7.48. The Balaban J connectivity index is 1.34. The summed E-state index contributed by atoms with van der Waals surface area (Å²) >= 11 is 12.1. The van der Waals surface area contributed by atoms with Gasteiger partial charge < -0.3 is 15.5 Å². The molecule has 206 valence electrons. The van der Waals surface area contributed by atoms with Crippen LogP contribution in [0.1, 0.15) is 46.7 Å². The fourth-order valence-electron chi connectivity index (χ4n) is 4.79. The van der Waals surface area contributed by atoms with E-state index in [4.69, 9.17) is 23.2 Å². The highest BCUT2D eigenvalue weighted by atomic mass is 35.5. The molecule has 1 heterocycles. The van der Waals surface area contributed by atoms with E-state index in [1.807, 2.05) is 0 Å². The summed E-state index contributed by atoms with van der Waals surface area (Å²) in [5.41, 5.74) is 2.90. The molecule has 2 aromatic rings. The number of hydrogen-bond donors (Lipinski definition) is 2. The van der Waals surface area contributed by atoms with Crippen molar-refractivity contribution in [2.45, 2.75) is 44.2 Å². The Bertz CT molecular complexity index is 1260. The largest absolute Gasteiger partial charge is 0.340 e. The number of carbonyl (C=O) groups excluding carboxylic acids is 2. The van der Waals surface area contributed by atoms with Crippen molar-refractivity contribution in [3.05, 3.63) is 69.2 Å². The fourth-order valence-corrected chi connectivity index (χ4v) is 5.92. The predicted molar refractivity (Wildman–Crippen MR) is 150 cm³/mol. The van der Waals surface area contributed by atoms with Crippen molar-refractivity contribution in [2.24, 2.45) is 0 Å². The molecule has 4 rings (SSSR count). The molecule has 0 aromatic heterocycles. The molecule has 11 heteroatoms. The number of amides is 2. The van der Waals surface area contributed by atoms with Gasteiger partial charge in [0.05, 0.1) is 16.3 Å². The Hall–Kier alpha value is -2.17. The SMILES string of the molecule is Cc1ccc([C@H]2C[C@@H]2NCCC[C@H](NC(=O)c2ccc(Cl)c(Cl)c2)C(=O)N2CCN(S(C)(=O)=O)CC2)cc1. The fraction of sp³-hybridized carbons (Fsp3) is 0.481. The lowest BCUT2D eigenvalue weighted by Gasteiger charge is -2.35. The van der Waals surface area contributed by atoms with Crippen molar-refractivity contribution in [2.75, 3.05) is 39.0 Å². The average molecular weight is 582 g/mol. The van der Waals surface area contributed by atoms with E-state index >= 15 is 0 Å². The van der Waals surface area contributed by atoms with Gasteiger partial charge in [-0.1, -0.05) is 53.0 Å². The summed E-state index contributed by atoms with van der Waals surface area (Å²) < 4.78 is 25.1. The van der Waals surface area contributed by atoms with Gasteiger partial charge in [-0.05, 0) is 56.5 Å². The van der Waals surface area contributed by atoms with Crippen LogP contribution in [0.25, 0.3) is 0 Å². The van der Waals surface area contributed by atoms with E-state index < -0.39 is 22.0 Å². The van der Waals surface area contributed by atoms with Gasteiger partial charge in [-0.15, -0.1) is 0 Å². The molecule has 8 nitrogen and oxygen atoms in total. The number of benzene rings is 2. The third-order valence-corrected chi connectivity index (χ3v) is 9.22. The lowest BCUT2D eigenvalue weighted by molar-refractivity contribution is -0.134. The minimum Gasteiger partial charge on any atom is -0.340 e. The number of carbonyl (C=O) groups is 2.